The van der Waals surface area contributed by atoms with Crippen molar-refractivity contribution in [3.8, 4) is 0 Å². The van der Waals surface area contributed by atoms with Crippen LogP contribution in [0.3, 0.4) is 0 Å². The number of anilines is 1. The molecule has 6 nitrogen and oxygen atoms in total. The van der Waals surface area contributed by atoms with Crippen molar-refractivity contribution in [2.45, 2.75) is 44.8 Å². The zero-order chi connectivity index (χ0) is 18.0. The second-order valence-electron chi connectivity index (χ2n) is 6.79. The van der Waals surface area contributed by atoms with Crippen molar-refractivity contribution >= 4 is 34.6 Å². The molecular formula is C18H22N4O2S. The van der Waals surface area contributed by atoms with Crippen LogP contribution in [-0.2, 0) is 16.8 Å². The number of amides is 1. The Morgan fingerprint density at radius 1 is 1.32 bits per heavy atom. The lowest BCUT2D eigenvalue weighted by molar-refractivity contribution is -0.113. The van der Waals surface area contributed by atoms with Crippen LogP contribution in [0.2, 0.25) is 0 Å². The van der Waals surface area contributed by atoms with Gasteiger partial charge >= 0.3 is 0 Å². The fraction of sp³-hybridized carbons (Fsp3) is 0.389. The van der Waals surface area contributed by atoms with Gasteiger partial charge in [0.1, 0.15) is 0 Å². The number of aryl methyl sites for hydroxylation is 1. The van der Waals surface area contributed by atoms with Gasteiger partial charge in [-0.3, -0.25) is 10.1 Å². The Morgan fingerprint density at radius 3 is 2.76 bits per heavy atom. The van der Waals surface area contributed by atoms with Crippen molar-refractivity contribution in [1.29, 1.82) is 0 Å². The number of hydrogen-bond donors (Lipinski definition) is 1. The highest BCUT2D eigenvalue weighted by atomic mass is 32.2. The molecule has 3 aromatic rings. The number of benzene rings is 1. The van der Waals surface area contributed by atoms with Gasteiger partial charge in [0.2, 0.25) is 11.8 Å². The zero-order valence-corrected chi connectivity index (χ0v) is 15.7. The van der Waals surface area contributed by atoms with Crippen LogP contribution in [-0.4, -0.2) is 26.4 Å². The Kier molecular flexibility index (Phi) is 4.85. The molecule has 0 saturated heterocycles. The monoisotopic (exact) mass is 358 g/mol. The fourth-order valence-electron chi connectivity index (χ4n) is 2.46. The first-order valence-corrected chi connectivity index (χ1v) is 9.22. The molecule has 1 N–H and O–H groups in total. The molecule has 3 rings (SSSR count). The molecule has 0 saturated carbocycles. The number of rotatable bonds is 5. The van der Waals surface area contributed by atoms with Crippen LogP contribution in [0.15, 0.2) is 40.0 Å². The van der Waals surface area contributed by atoms with E-state index in [0.29, 0.717) is 5.88 Å². The first-order chi connectivity index (χ1) is 11.9. The van der Waals surface area contributed by atoms with Gasteiger partial charge in [0.05, 0.1) is 22.5 Å². The molecule has 0 aliphatic carbocycles. The number of fused-ring (bicyclic) bond motifs is 1. The van der Waals surface area contributed by atoms with Crippen molar-refractivity contribution in [2.75, 3.05) is 11.1 Å². The molecule has 132 valence electrons. The molecule has 0 aliphatic heterocycles. The second kappa shape index (κ2) is 6.92. The zero-order valence-electron chi connectivity index (χ0n) is 14.9. The van der Waals surface area contributed by atoms with Gasteiger partial charge in [0.25, 0.3) is 0 Å². The molecule has 7 heteroatoms. The highest BCUT2D eigenvalue weighted by molar-refractivity contribution is 7.99. The number of hydrogen-bond acceptors (Lipinski definition) is 5. The molecule has 2 aromatic heterocycles. The average molecular weight is 358 g/mol. The second-order valence-corrected chi connectivity index (χ2v) is 7.73. The van der Waals surface area contributed by atoms with Gasteiger partial charge in [0, 0.05) is 18.0 Å². The number of nitrogens with zero attached hydrogens (tertiary/aromatic N) is 3. The molecular weight excluding hydrogens is 336 g/mol. The van der Waals surface area contributed by atoms with Gasteiger partial charge in [-0.25, -0.2) is 4.98 Å². The first-order valence-electron chi connectivity index (χ1n) is 8.23. The maximum Gasteiger partial charge on any atom is 0.237 e. The highest BCUT2D eigenvalue weighted by Crippen LogP contribution is 2.25. The van der Waals surface area contributed by atoms with E-state index < -0.39 is 0 Å². The predicted molar refractivity (Wildman–Crippen MR) is 100.0 cm³/mol. The van der Waals surface area contributed by atoms with Gasteiger partial charge in [-0.2, -0.15) is 0 Å². The third kappa shape index (κ3) is 3.87. The largest absolute Gasteiger partial charge is 0.338 e. The molecule has 0 radical (unpaired) electrons. The van der Waals surface area contributed by atoms with Crippen molar-refractivity contribution in [3.63, 3.8) is 0 Å². The standard InChI is InChI=1S/C18H22N4O2S/c1-5-22-13-9-7-6-8-12(13)19-17(22)25-11-15(23)20-16-10-14(21-24-16)18(2,3)4/h6-10H,5,11H2,1-4H3,(H,20,23). The molecule has 25 heavy (non-hydrogen) atoms. The van der Waals surface area contributed by atoms with Crippen molar-refractivity contribution in [1.82, 2.24) is 14.7 Å². The summed E-state index contributed by atoms with van der Waals surface area (Å²) in [5, 5.41) is 7.59. The first kappa shape index (κ1) is 17.5. The summed E-state index contributed by atoms with van der Waals surface area (Å²) in [5.74, 6) is 0.491. The van der Waals surface area contributed by atoms with E-state index in [1.54, 1.807) is 6.07 Å². The summed E-state index contributed by atoms with van der Waals surface area (Å²) >= 11 is 1.41. The molecule has 0 aliphatic rings. The van der Waals surface area contributed by atoms with Crippen LogP contribution < -0.4 is 5.32 Å². The lowest BCUT2D eigenvalue weighted by Gasteiger charge is -2.12. The van der Waals surface area contributed by atoms with Gasteiger partial charge in [-0.1, -0.05) is 49.8 Å². The van der Waals surface area contributed by atoms with Crippen LogP contribution in [0.4, 0.5) is 5.88 Å². The van der Waals surface area contributed by atoms with E-state index in [1.807, 2.05) is 45.0 Å². The smallest absolute Gasteiger partial charge is 0.237 e. The van der Waals surface area contributed by atoms with Crippen molar-refractivity contribution in [2.24, 2.45) is 0 Å². The summed E-state index contributed by atoms with van der Waals surface area (Å²) in [6, 6.07) is 9.75. The maximum absolute atomic E-state index is 12.2. The number of imidazole rings is 1. The van der Waals surface area contributed by atoms with Crippen LogP contribution in [0.1, 0.15) is 33.4 Å². The Bertz CT molecular complexity index is 892. The molecule has 1 amide bonds. The Hall–Kier alpha value is -2.28. The van der Waals surface area contributed by atoms with E-state index in [2.05, 4.69) is 26.9 Å². The van der Waals surface area contributed by atoms with Crippen LogP contribution in [0.5, 0.6) is 0 Å². The highest BCUT2D eigenvalue weighted by Gasteiger charge is 2.20. The summed E-state index contributed by atoms with van der Waals surface area (Å²) in [4.78, 5) is 16.8. The van der Waals surface area contributed by atoms with E-state index in [4.69, 9.17) is 4.52 Å². The van der Waals surface area contributed by atoms with Crippen LogP contribution in [0.25, 0.3) is 11.0 Å². The Balaban J connectivity index is 1.66. The third-order valence-electron chi connectivity index (χ3n) is 3.81. The summed E-state index contributed by atoms with van der Waals surface area (Å²) < 4.78 is 7.31. The Labute approximate surface area is 151 Å². The number of para-hydroxylation sites is 2. The van der Waals surface area contributed by atoms with Gasteiger partial charge in [-0.05, 0) is 19.1 Å². The molecule has 0 spiro atoms. The third-order valence-corrected chi connectivity index (χ3v) is 4.79. The number of thioether (sulfide) groups is 1. The average Bonchev–Trinajstić information content (AvgIpc) is 3.16. The van der Waals surface area contributed by atoms with E-state index >= 15 is 0 Å². The summed E-state index contributed by atoms with van der Waals surface area (Å²) in [5.41, 5.74) is 2.71. The molecule has 0 atom stereocenters. The molecule has 2 heterocycles. The number of nitrogens with one attached hydrogen (secondary N) is 1. The van der Waals surface area contributed by atoms with Gasteiger partial charge in [0.15, 0.2) is 5.16 Å². The minimum atomic E-state index is -0.142. The van der Waals surface area contributed by atoms with E-state index in [9.17, 15) is 4.79 Å². The molecule has 1 aromatic carbocycles. The fourth-order valence-corrected chi connectivity index (χ4v) is 3.34. The normalized spacial score (nSPS) is 11.8. The quantitative estimate of drug-likeness (QED) is 0.696. The SMILES string of the molecule is CCn1c(SCC(=O)Nc2cc(C(C)(C)C)no2)nc2ccccc21. The van der Waals surface area contributed by atoms with Gasteiger partial charge in [-0.15, -0.1) is 0 Å². The van der Waals surface area contributed by atoms with Crippen LogP contribution in [0, 0.1) is 0 Å². The number of carbonyl (C=O) groups is 1. The van der Waals surface area contributed by atoms with E-state index in [0.717, 1.165) is 28.4 Å². The lowest BCUT2D eigenvalue weighted by atomic mass is 9.92. The summed E-state index contributed by atoms with van der Waals surface area (Å²) in [6.07, 6.45) is 0. The molecule has 0 fully saturated rings. The van der Waals surface area contributed by atoms with Gasteiger partial charge < -0.3 is 9.09 Å². The minimum absolute atomic E-state index is 0.118. The molecule has 0 bridgehead atoms. The van der Waals surface area contributed by atoms with E-state index in [1.165, 1.54) is 11.8 Å². The molecule has 0 unspecified atom stereocenters. The summed E-state index contributed by atoms with van der Waals surface area (Å²) in [7, 11) is 0. The summed E-state index contributed by atoms with van der Waals surface area (Å²) in [6.45, 7) is 9.01. The number of aromatic nitrogens is 3. The number of carbonyl (C=O) groups excluding carboxylic acids is 1. The topological polar surface area (TPSA) is 73.0 Å². The van der Waals surface area contributed by atoms with Crippen LogP contribution >= 0.6 is 11.8 Å². The minimum Gasteiger partial charge on any atom is -0.338 e. The Morgan fingerprint density at radius 2 is 2.08 bits per heavy atom. The van der Waals surface area contributed by atoms with Crippen molar-refractivity contribution in [3.05, 3.63) is 36.0 Å². The maximum atomic E-state index is 12.2. The van der Waals surface area contributed by atoms with E-state index in [-0.39, 0.29) is 17.1 Å². The lowest BCUT2D eigenvalue weighted by Crippen LogP contribution is -2.14. The van der Waals surface area contributed by atoms with Crippen molar-refractivity contribution < 1.29 is 9.32 Å². The predicted octanol–water partition coefficient (Wildman–Crippen LogP) is 4.07.